The molecule has 1 aliphatic carbocycles. The number of benzene rings is 1. The maximum Gasteiger partial charge on any atom is 0.204 e. The largest absolute Gasteiger partial charge is 0.508 e. The number of ether oxygens (including phenoxy) is 2. The molecule has 3 unspecified atom stereocenters. The molecule has 1 aromatic rings. The van der Waals surface area contributed by atoms with Gasteiger partial charge in [0.1, 0.15) is 29.5 Å². The first-order chi connectivity index (χ1) is 14.5. The van der Waals surface area contributed by atoms with Crippen LogP contribution < -0.4 is 10.5 Å². The van der Waals surface area contributed by atoms with Crippen LogP contribution in [0.5, 0.6) is 5.75 Å². The summed E-state index contributed by atoms with van der Waals surface area (Å²) >= 11 is 0. The van der Waals surface area contributed by atoms with E-state index in [4.69, 9.17) is 14.3 Å². The lowest BCUT2D eigenvalue weighted by Crippen LogP contribution is -2.50. The maximum absolute atomic E-state index is 11.9. The van der Waals surface area contributed by atoms with E-state index in [0.29, 0.717) is 11.3 Å². The van der Waals surface area contributed by atoms with Crippen LogP contribution in [0.4, 0.5) is 0 Å². The molecule has 6 heteroatoms. The third kappa shape index (κ3) is 4.14. The fraction of sp³-hybridized carbons (Fsp3) is 0.250. The van der Waals surface area contributed by atoms with Crippen LogP contribution in [0.15, 0.2) is 83.7 Å². The molecule has 0 spiro atoms. The minimum atomic E-state index is -0.935. The lowest BCUT2D eigenvalue weighted by molar-refractivity contribution is -0.107. The molecule has 158 valence electrons. The van der Waals surface area contributed by atoms with Crippen molar-refractivity contribution >= 4 is 12.7 Å². The van der Waals surface area contributed by atoms with Gasteiger partial charge < -0.3 is 20.3 Å². The van der Waals surface area contributed by atoms with Crippen LogP contribution in [0.2, 0.25) is 0 Å². The van der Waals surface area contributed by atoms with Gasteiger partial charge in [0.05, 0.1) is 5.92 Å². The summed E-state index contributed by atoms with van der Waals surface area (Å²) in [4.78, 5) is 20.5. The Labute approximate surface area is 176 Å². The monoisotopic (exact) mass is 409 g/mol. The number of aldehydes is 1. The Bertz CT molecular complexity index is 925. The van der Waals surface area contributed by atoms with Gasteiger partial charge in [-0.2, -0.15) is 0 Å². The molecule has 0 bridgehead atoms. The number of hydrogen-bond acceptors (Lipinski definition) is 5. The topological polar surface area (TPSA) is 98.8 Å². The Morgan fingerprint density at radius 2 is 1.87 bits per heavy atom. The number of para-hydroxylation sites is 1. The van der Waals surface area contributed by atoms with E-state index < -0.39 is 11.7 Å². The predicted molar refractivity (Wildman–Crippen MR) is 116 cm³/mol. The van der Waals surface area contributed by atoms with E-state index in [9.17, 15) is 9.90 Å². The van der Waals surface area contributed by atoms with Gasteiger partial charge in [-0.25, -0.2) is 0 Å². The third-order valence-corrected chi connectivity index (χ3v) is 5.02. The first-order valence-electron chi connectivity index (χ1n) is 9.54. The number of amides is 1. The smallest absolute Gasteiger partial charge is 0.204 e. The summed E-state index contributed by atoms with van der Waals surface area (Å²) in [6.45, 7) is 3.78. The summed E-state index contributed by atoms with van der Waals surface area (Å²) in [6, 6.07) is 7.67. The molecule has 0 aromatic heterocycles. The zero-order valence-electron chi connectivity index (χ0n) is 17.3. The number of fused-ring (bicyclic) bond motifs is 2. The maximum atomic E-state index is 11.9. The summed E-state index contributed by atoms with van der Waals surface area (Å²) < 4.78 is 12.4. The number of rotatable bonds is 5. The summed E-state index contributed by atoms with van der Waals surface area (Å²) in [7, 11) is 1.65. The van der Waals surface area contributed by atoms with Crippen molar-refractivity contribution in [1.82, 2.24) is 0 Å². The second-order valence-electron chi connectivity index (χ2n) is 6.62. The number of hydrogen-bond donors (Lipinski definition) is 2. The highest BCUT2D eigenvalue weighted by Crippen LogP contribution is 2.52. The van der Waals surface area contributed by atoms with Gasteiger partial charge in [0.2, 0.25) is 6.41 Å². The van der Waals surface area contributed by atoms with Crippen molar-refractivity contribution in [2.24, 2.45) is 11.7 Å². The average molecular weight is 409 g/mol. The minimum absolute atomic E-state index is 0.154. The van der Waals surface area contributed by atoms with E-state index in [1.54, 1.807) is 25.3 Å². The number of nitrogens with two attached hydrogens (primary N) is 1. The second kappa shape index (κ2) is 10.4. The summed E-state index contributed by atoms with van der Waals surface area (Å²) in [5, 5.41) is 9.98. The zero-order chi connectivity index (χ0) is 22.1. The number of carbonyl (C=O) groups is 2. The fourth-order valence-electron chi connectivity index (χ4n) is 3.97. The number of primary amides is 1. The molecule has 0 radical (unpaired) electrons. The van der Waals surface area contributed by atoms with Crippen molar-refractivity contribution < 1.29 is 24.2 Å². The standard InChI is InChI=1S/C23H24O4.CH3NO/c1-4-8-16(15-24)18(9-5-2)23(26-3)19-10-6-7-11-21(19)27-22-14-17(25)12-13-20(22)23;2-1-3/h4-15,20,22,25H,1-3H3;1H,(H2,2,3)/b8-4-,9-5+,18-16-;. The van der Waals surface area contributed by atoms with E-state index in [1.165, 1.54) is 0 Å². The molecule has 30 heavy (non-hydrogen) atoms. The Balaban J connectivity index is 0.00000101. The van der Waals surface area contributed by atoms with Crippen molar-refractivity contribution in [2.45, 2.75) is 25.6 Å². The van der Waals surface area contributed by atoms with Gasteiger partial charge in [0.15, 0.2) is 0 Å². The van der Waals surface area contributed by atoms with Crippen LogP contribution >= 0.6 is 0 Å². The SMILES string of the molecule is C\C=C/C(C=O)=C(\C=C\C)C1(OC)c2ccccc2OC2C=C(O)C=CC21.NC=O. The van der Waals surface area contributed by atoms with Crippen LogP contribution in [0, 0.1) is 5.92 Å². The van der Waals surface area contributed by atoms with Crippen LogP contribution in [-0.4, -0.2) is 31.0 Å². The molecule has 6 nitrogen and oxygen atoms in total. The summed E-state index contributed by atoms with van der Waals surface area (Å²) in [5.41, 5.74) is 5.38. The average Bonchev–Trinajstić information content (AvgIpc) is 2.75. The van der Waals surface area contributed by atoms with E-state index in [1.807, 2.05) is 62.4 Å². The van der Waals surface area contributed by atoms with Crippen LogP contribution in [0.1, 0.15) is 19.4 Å². The number of methoxy groups -OCH3 is 1. The third-order valence-electron chi connectivity index (χ3n) is 5.02. The number of carbonyl (C=O) groups excluding carboxylic acids is 2. The zero-order valence-corrected chi connectivity index (χ0v) is 17.3. The van der Waals surface area contributed by atoms with E-state index in [-0.39, 0.29) is 18.1 Å². The highest BCUT2D eigenvalue weighted by molar-refractivity contribution is 5.81. The lowest BCUT2D eigenvalue weighted by atomic mass is 9.68. The van der Waals surface area contributed by atoms with E-state index in [2.05, 4.69) is 5.73 Å². The quantitative estimate of drug-likeness (QED) is 0.439. The molecule has 0 saturated heterocycles. The highest BCUT2D eigenvalue weighted by Gasteiger charge is 2.52. The van der Waals surface area contributed by atoms with Crippen molar-refractivity contribution in [3.63, 3.8) is 0 Å². The number of aliphatic hydroxyl groups excluding tert-OH is 1. The van der Waals surface area contributed by atoms with Gasteiger partial charge in [-0.15, -0.1) is 0 Å². The minimum Gasteiger partial charge on any atom is -0.508 e. The van der Waals surface area contributed by atoms with Crippen molar-refractivity contribution in [1.29, 1.82) is 0 Å². The van der Waals surface area contributed by atoms with Gasteiger partial charge in [-0.05, 0) is 37.6 Å². The molecule has 0 fully saturated rings. The number of allylic oxidation sites excluding steroid dienone is 5. The molecule has 3 rings (SSSR count). The molecule has 1 aromatic carbocycles. The van der Waals surface area contributed by atoms with Crippen molar-refractivity contribution in [2.75, 3.05) is 7.11 Å². The number of aliphatic hydroxyl groups is 1. The predicted octanol–water partition coefficient (Wildman–Crippen LogP) is 3.67. The van der Waals surface area contributed by atoms with Crippen molar-refractivity contribution in [3.05, 3.63) is 89.3 Å². The molecule has 3 N–H and O–H groups in total. The fourth-order valence-corrected chi connectivity index (χ4v) is 3.97. The van der Waals surface area contributed by atoms with Gasteiger partial charge in [0, 0.05) is 18.2 Å². The normalized spacial score (nSPS) is 25.2. The molecular formula is C24H27NO5. The first kappa shape index (κ1) is 22.9. The van der Waals surface area contributed by atoms with Crippen LogP contribution in [-0.2, 0) is 19.9 Å². The van der Waals surface area contributed by atoms with Gasteiger partial charge in [0.25, 0.3) is 0 Å². The molecule has 3 atom stereocenters. The molecule has 0 saturated carbocycles. The molecule has 1 aliphatic heterocycles. The lowest BCUT2D eigenvalue weighted by Gasteiger charge is -2.48. The Hall–Kier alpha value is -3.38. The van der Waals surface area contributed by atoms with Crippen LogP contribution in [0.3, 0.4) is 0 Å². The molecular weight excluding hydrogens is 382 g/mol. The second-order valence-corrected chi connectivity index (χ2v) is 6.62. The highest BCUT2D eigenvalue weighted by atomic mass is 16.5. The molecule has 1 amide bonds. The first-order valence-corrected chi connectivity index (χ1v) is 9.54. The van der Waals surface area contributed by atoms with Gasteiger partial charge in [-0.1, -0.05) is 48.6 Å². The Kier molecular flexibility index (Phi) is 7.95. The summed E-state index contributed by atoms with van der Waals surface area (Å²) in [6.07, 6.45) is 13.3. The van der Waals surface area contributed by atoms with Gasteiger partial charge in [-0.3, -0.25) is 9.59 Å². The van der Waals surface area contributed by atoms with Gasteiger partial charge >= 0.3 is 0 Å². The Morgan fingerprint density at radius 3 is 2.47 bits per heavy atom. The van der Waals surface area contributed by atoms with Crippen molar-refractivity contribution in [3.8, 4) is 5.75 Å². The van der Waals surface area contributed by atoms with E-state index in [0.717, 1.165) is 17.4 Å². The molecule has 2 aliphatic rings. The Morgan fingerprint density at radius 1 is 1.20 bits per heavy atom. The summed E-state index contributed by atoms with van der Waals surface area (Å²) in [5.74, 6) is 0.577. The van der Waals surface area contributed by atoms with E-state index >= 15 is 0 Å². The van der Waals surface area contributed by atoms with Crippen LogP contribution in [0.25, 0.3) is 0 Å². The molecule has 1 heterocycles.